The molecule has 6 rings (SSSR count). The molecule has 168 valence electrons. The van der Waals surface area contributed by atoms with Crippen molar-refractivity contribution in [1.29, 1.82) is 0 Å². The predicted molar refractivity (Wildman–Crippen MR) is 134 cm³/mol. The maximum absolute atomic E-state index is 14.1. The molecule has 1 aliphatic heterocycles. The van der Waals surface area contributed by atoms with Gasteiger partial charge in [0.15, 0.2) is 0 Å². The summed E-state index contributed by atoms with van der Waals surface area (Å²) < 4.78 is 14.1. The summed E-state index contributed by atoms with van der Waals surface area (Å²) in [6, 6.07) is 23.7. The van der Waals surface area contributed by atoms with Crippen LogP contribution in [0.25, 0.3) is 0 Å². The first-order valence-corrected chi connectivity index (χ1v) is 12.3. The molecule has 3 nitrogen and oxygen atoms in total. The smallest absolute Gasteiger partial charge is 0.251 e. The van der Waals surface area contributed by atoms with E-state index in [0.29, 0.717) is 5.56 Å². The number of fused-ring (bicyclic) bond motifs is 3. The third-order valence-electron chi connectivity index (χ3n) is 6.70. The predicted octanol–water partition coefficient (Wildman–Crippen LogP) is 7.19. The molecule has 0 spiro atoms. The lowest BCUT2D eigenvalue weighted by atomic mass is 9.94. The number of nitrogens with one attached hydrogen (secondary N) is 1. The Labute approximate surface area is 202 Å². The van der Waals surface area contributed by atoms with Crippen LogP contribution >= 0.6 is 11.8 Å². The van der Waals surface area contributed by atoms with Crippen molar-refractivity contribution in [2.45, 2.75) is 29.2 Å². The van der Waals surface area contributed by atoms with Gasteiger partial charge in [-0.05, 0) is 60.7 Å². The lowest BCUT2D eigenvalue weighted by Crippen LogP contribution is -2.26. The van der Waals surface area contributed by atoms with Crippen molar-refractivity contribution in [3.05, 3.63) is 113 Å². The van der Waals surface area contributed by atoms with E-state index in [-0.39, 0.29) is 29.6 Å². The second-order valence-electron chi connectivity index (χ2n) is 8.97. The van der Waals surface area contributed by atoms with Crippen LogP contribution in [0.5, 0.6) is 0 Å². The Morgan fingerprint density at radius 3 is 2.65 bits per heavy atom. The summed E-state index contributed by atoms with van der Waals surface area (Å²) in [4.78, 5) is 20.3. The molecule has 1 heterocycles. The Bertz CT molecular complexity index is 1390. The molecule has 3 atom stereocenters. The Balaban J connectivity index is 1.37. The summed E-state index contributed by atoms with van der Waals surface area (Å²) in [6.45, 7) is 1.98. The van der Waals surface area contributed by atoms with Gasteiger partial charge in [-0.25, -0.2) is 9.38 Å². The second kappa shape index (κ2) is 8.41. The van der Waals surface area contributed by atoms with Gasteiger partial charge in [-0.15, -0.1) is 0 Å². The molecule has 2 aliphatic carbocycles. The Hall–Kier alpha value is -3.44. The fraction of sp³-hybridized carbons (Fsp3) is 0.172. The first kappa shape index (κ1) is 21.1. The fourth-order valence-electron chi connectivity index (χ4n) is 4.72. The highest BCUT2D eigenvalue weighted by Gasteiger charge is 2.46. The maximum Gasteiger partial charge on any atom is 0.251 e. The average Bonchev–Trinajstić information content (AvgIpc) is 3.68. The lowest BCUT2D eigenvalue weighted by molar-refractivity contribution is 0.0940. The van der Waals surface area contributed by atoms with E-state index in [0.717, 1.165) is 44.3 Å². The normalized spacial score (nSPS) is 20.9. The minimum atomic E-state index is -0.133. The zero-order valence-corrected chi connectivity index (χ0v) is 19.5. The highest BCUT2D eigenvalue weighted by Crippen LogP contribution is 2.54. The molecule has 3 aliphatic rings. The average molecular weight is 467 g/mol. The molecular formula is C29H23FN2OS. The van der Waals surface area contributed by atoms with E-state index in [4.69, 9.17) is 4.99 Å². The second-order valence-corrected chi connectivity index (χ2v) is 10.1. The van der Waals surface area contributed by atoms with Crippen LogP contribution in [-0.2, 0) is 0 Å². The van der Waals surface area contributed by atoms with Gasteiger partial charge in [0.25, 0.3) is 5.91 Å². The Kier molecular flexibility index (Phi) is 5.22. The molecular weight excluding hydrogens is 443 g/mol. The molecule has 3 aromatic carbocycles. The maximum atomic E-state index is 14.1. The quantitative estimate of drug-likeness (QED) is 0.442. The number of amides is 1. The van der Waals surface area contributed by atoms with Gasteiger partial charge in [0, 0.05) is 26.8 Å². The summed E-state index contributed by atoms with van der Waals surface area (Å²) in [5, 5.41) is 3.09. The van der Waals surface area contributed by atoms with Gasteiger partial charge in [0.2, 0.25) is 0 Å². The monoisotopic (exact) mass is 466 g/mol. The topological polar surface area (TPSA) is 41.5 Å². The van der Waals surface area contributed by atoms with Crippen LogP contribution in [0.3, 0.4) is 0 Å². The molecule has 3 unspecified atom stereocenters. The fourth-order valence-corrected chi connectivity index (χ4v) is 5.73. The molecule has 5 heteroatoms. The van der Waals surface area contributed by atoms with Crippen molar-refractivity contribution in [3.63, 3.8) is 0 Å². The largest absolute Gasteiger partial charge is 0.346 e. The van der Waals surface area contributed by atoms with Crippen molar-refractivity contribution >= 4 is 29.1 Å². The highest BCUT2D eigenvalue weighted by atomic mass is 32.2. The van der Waals surface area contributed by atoms with Crippen molar-refractivity contribution in [1.82, 2.24) is 5.32 Å². The molecule has 1 N–H and O–H groups in total. The summed E-state index contributed by atoms with van der Waals surface area (Å²) in [6.07, 6.45) is 4.30. The number of carbonyl (C=O) groups is 1. The van der Waals surface area contributed by atoms with Gasteiger partial charge in [-0.2, -0.15) is 0 Å². The molecule has 1 amide bonds. The van der Waals surface area contributed by atoms with Gasteiger partial charge < -0.3 is 5.32 Å². The highest BCUT2D eigenvalue weighted by molar-refractivity contribution is 7.99. The number of rotatable bonds is 4. The summed E-state index contributed by atoms with van der Waals surface area (Å²) in [5.74, 6) is 0.00715. The zero-order valence-electron chi connectivity index (χ0n) is 18.7. The van der Waals surface area contributed by atoms with Crippen molar-refractivity contribution in [3.8, 4) is 0 Å². The molecule has 1 fully saturated rings. The van der Waals surface area contributed by atoms with E-state index in [1.807, 2.05) is 73.7 Å². The Morgan fingerprint density at radius 1 is 1.00 bits per heavy atom. The van der Waals surface area contributed by atoms with E-state index in [1.165, 1.54) is 0 Å². The number of hydrogen-bond donors (Lipinski definition) is 1. The number of nitrogens with zero attached hydrogens (tertiary/aromatic N) is 1. The van der Waals surface area contributed by atoms with Crippen LogP contribution in [0.1, 0.15) is 40.9 Å². The van der Waals surface area contributed by atoms with E-state index < -0.39 is 0 Å². The van der Waals surface area contributed by atoms with Crippen LogP contribution in [-0.4, -0.2) is 11.6 Å². The van der Waals surface area contributed by atoms with Gasteiger partial charge in [0.1, 0.15) is 5.83 Å². The minimum Gasteiger partial charge on any atom is -0.346 e. The van der Waals surface area contributed by atoms with Gasteiger partial charge in [-0.3, -0.25) is 4.79 Å². The van der Waals surface area contributed by atoms with Crippen LogP contribution in [0.15, 0.2) is 111 Å². The van der Waals surface area contributed by atoms with Crippen LogP contribution in [0, 0.1) is 11.8 Å². The Morgan fingerprint density at radius 2 is 1.79 bits per heavy atom. The van der Waals surface area contributed by atoms with E-state index in [2.05, 4.69) is 17.4 Å². The number of benzene rings is 3. The third-order valence-corrected chi connectivity index (χ3v) is 7.84. The molecule has 0 aromatic heterocycles. The van der Waals surface area contributed by atoms with E-state index in [1.54, 1.807) is 17.8 Å². The van der Waals surface area contributed by atoms with Crippen LogP contribution < -0.4 is 5.32 Å². The summed E-state index contributed by atoms with van der Waals surface area (Å²) in [5.41, 5.74) is 5.42. The first-order valence-electron chi connectivity index (χ1n) is 11.5. The number of halogens is 1. The number of aliphatic imine (C=N–C) groups is 1. The molecule has 0 radical (unpaired) electrons. The summed E-state index contributed by atoms with van der Waals surface area (Å²) >= 11 is 1.65. The van der Waals surface area contributed by atoms with Crippen molar-refractivity contribution < 1.29 is 9.18 Å². The van der Waals surface area contributed by atoms with Crippen LogP contribution in [0.4, 0.5) is 10.1 Å². The molecule has 1 saturated carbocycles. The third kappa shape index (κ3) is 3.80. The van der Waals surface area contributed by atoms with Gasteiger partial charge in [-0.1, -0.05) is 66.4 Å². The van der Waals surface area contributed by atoms with Gasteiger partial charge in [0.05, 0.1) is 17.4 Å². The first-order chi connectivity index (χ1) is 16.6. The SMILES string of the molecule is CC(NC(=O)c1ccc2c(c1)N=C(C1=CC=C(F)C3CC13)c1ccccc1S2)c1ccccc1. The summed E-state index contributed by atoms with van der Waals surface area (Å²) in [7, 11) is 0. The van der Waals surface area contributed by atoms with Crippen LogP contribution in [0.2, 0.25) is 0 Å². The number of allylic oxidation sites excluding steroid dienone is 4. The van der Waals surface area contributed by atoms with E-state index in [9.17, 15) is 9.18 Å². The number of hydrogen-bond acceptors (Lipinski definition) is 3. The van der Waals surface area contributed by atoms with Gasteiger partial charge >= 0.3 is 0 Å². The van der Waals surface area contributed by atoms with E-state index >= 15 is 0 Å². The molecule has 3 aromatic rings. The van der Waals surface area contributed by atoms with Crippen molar-refractivity contribution in [2.75, 3.05) is 0 Å². The molecule has 34 heavy (non-hydrogen) atoms. The standard InChI is InChI=1S/C29H23FN2OS/c1-17(18-7-3-2-4-8-18)31-29(33)19-11-14-27-25(15-19)32-28(21-9-5-6-10-26(21)34-27)20-12-13-24(30)23-16-22(20)23/h2-15,17,22-23H,16H2,1H3,(H,31,33). The molecule has 0 bridgehead atoms. The number of carbonyl (C=O) groups excluding carboxylic acids is 1. The van der Waals surface area contributed by atoms with Crippen molar-refractivity contribution in [2.24, 2.45) is 16.8 Å². The lowest BCUT2D eigenvalue weighted by Gasteiger charge is -2.15. The molecule has 0 saturated heterocycles. The minimum absolute atomic E-state index is 0.0122. The zero-order chi connectivity index (χ0) is 23.2.